The van der Waals surface area contributed by atoms with Crippen LogP contribution in [0.4, 0.5) is 0 Å². The zero-order valence-electron chi connectivity index (χ0n) is 13.0. The van der Waals surface area contributed by atoms with Crippen molar-refractivity contribution in [2.45, 2.75) is 38.8 Å². The first kappa shape index (κ1) is 14.1. The van der Waals surface area contributed by atoms with Gasteiger partial charge in [0.1, 0.15) is 5.75 Å². The van der Waals surface area contributed by atoms with Gasteiger partial charge < -0.3 is 10.1 Å². The number of hydrogen-bond donors (Lipinski definition) is 1. The van der Waals surface area contributed by atoms with Crippen molar-refractivity contribution in [2.75, 3.05) is 13.7 Å². The highest BCUT2D eigenvalue weighted by molar-refractivity contribution is 5.40. The molecule has 0 amide bonds. The molecule has 21 heavy (non-hydrogen) atoms. The molecule has 1 aliphatic carbocycles. The van der Waals surface area contributed by atoms with Crippen molar-refractivity contribution in [3.63, 3.8) is 0 Å². The largest absolute Gasteiger partial charge is 0.497 e. The zero-order chi connectivity index (χ0) is 14.8. The predicted octanol–water partition coefficient (Wildman–Crippen LogP) is 3.04. The minimum atomic E-state index is 0.285. The molecule has 0 aliphatic heterocycles. The van der Waals surface area contributed by atoms with Gasteiger partial charge >= 0.3 is 0 Å². The summed E-state index contributed by atoms with van der Waals surface area (Å²) in [4.78, 5) is 0. The second kappa shape index (κ2) is 5.90. The molecule has 4 heteroatoms. The standard InChI is InChI=1S/C17H23N3O/c1-4-18-17-15-11-14(21-3)7-5-13(15)6-8-16(17)20-10-9-12(2)19-20/h5,7,9-11,16-18H,4,6,8H2,1-3H3. The fraction of sp³-hybridized carbons (Fsp3) is 0.471. The van der Waals surface area contributed by atoms with Crippen molar-refractivity contribution >= 4 is 0 Å². The lowest BCUT2D eigenvalue weighted by molar-refractivity contribution is 0.298. The Labute approximate surface area is 126 Å². The van der Waals surface area contributed by atoms with Crippen molar-refractivity contribution < 1.29 is 4.74 Å². The first-order valence-corrected chi connectivity index (χ1v) is 7.65. The lowest BCUT2D eigenvalue weighted by Gasteiger charge is -2.34. The van der Waals surface area contributed by atoms with Crippen LogP contribution < -0.4 is 10.1 Å². The summed E-state index contributed by atoms with van der Waals surface area (Å²) in [6.45, 7) is 5.14. The van der Waals surface area contributed by atoms with E-state index in [9.17, 15) is 0 Å². The van der Waals surface area contributed by atoms with E-state index in [-0.39, 0.29) is 6.04 Å². The molecule has 2 aromatic rings. The number of ether oxygens (including phenoxy) is 1. The fourth-order valence-electron chi connectivity index (χ4n) is 3.26. The Kier molecular flexibility index (Phi) is 3.97. The number of aromatic nitrogens is 2. The fourth-order valence-corrected chi connectivity index (χ4v) is 3.26. The van der Waals surface area contributed by atoms with Crippen LogP contribution >= 0.6 is 0 Å². The van der Waals surface area contributed by atoms with E-state index in [1.165, 1.54) is 11.1 Å². The van der Waals surface area contributed by atoms with Crippen LogP contribution in [0.5, 0.6) is 5.75 Å². The minimum Gasteiger partial charge on any atom is -0.497 e. The minimum absolute atomic E-state index is 0.285. The van der Waals surface area contributed by atoms with Gasteiger partial charge in [-0.3, -0.25) is 4.68 Å². The van der Waals surface area contributed by atoms with Crippen LogP contribution in [0.3, 0.4) is 0 Å². The Morgan fingerprint density at radius 2 is 2.24 bits per heavy atom. The van der Waals surface area contributed by atoms with Crippen molar-refractivity contribution in [3.05, 3.63) is 47.3 Å². The SMILES string of the molecule is CCNC1c2cc(OC)ccc2CCC1n1ccc(C)n1. The number of rotatable bonds is 4. The quantitative estimate of drug-likeness (QED) is 0.938. The number of fused-ring (bicyclic) bond motifs is 1. The smallest absolute Gasteiger partial charge is 0.119 e. The maximum atomic E-state index is 5.40. The molecule has 1 N–H and O–H groups in total. The van der Waals surface area contributed by atoms with Crippen LogP contribution in [0.25, 0.3) is 0 Å². The van der Waals surface area contributed by atoms with E-state index in [4.69, 9.17) is 4.74 Å². The van der Waals surface area contributed by atoms with E-state index in [2.05, 4.69) is 52.5 Å². The first-order valence-electron chi connectivity index (χ1n) is 7.65. The number of hydrogen-bond acceptors (Lipinski definition) is 3. The molecule has 0 saturated heterocycles. The Morgan fingerprint density at radius 3 is 2.90 bits per heavy atom. The van der Waals surface area contributed by atoms with Crippen molar-refractivity contribution in [1.29, 1.82) is 0 Å². The summed E-state index contributed by atoms with van der Waals surface area (Å²) in [6.07, 6.45) is 4.29. The van der Waals surface area contributed by atoms with Gasteiger partial charge in [-0.25, -0.2) is 0 Å². The average Bonchev–Trinajstić information content (AvgIpc) is 2.93. The van der Waals surface area contributed by atoms with Crippen molar-refractivity contribution in [1.82, 2.24) is 15.1 Å². The highest BCUT2D eigenvalue weighted by atomic mass is 16.5. The third-order valence-corrected chi connectivity index (χ3v) is 4.29. The van der Waals surface area contributed by atoms with Gasteiger partial charge in [0, 0.05) is 6.20 Å². The van der Waals surface area contributed by atoms with Crippen molar-refractivity contribution in [3.8, 4) is 5.75 Å². The summed E-state index contributed by atoms with van der Waals surface area (Å²) in [7, 11) is 1.72. The van der Waals surface area contributed by atoms with Gasteiger partial charge in [0.05, 0.1) is 24.9 Å². The molecule has 112 valence electrons. The van der Waals surface area contributed by atoms with Crippen LogP contribution in [0, 0.1) is 6.92 Å². The van der Waals surface area contributed by atoms with E-state index in [0.29, 0.717) is 6.04 Å². The van der Waals surface area contributed by atoms with Crippen LogP contribution in [-0.4, -0.2) is 23.4 Å². The normalized spacial score (nSPS) is 21.1. The van der Waals surface area contributed by atoms with Gasteiger partial charge in [0.2, 0.25) is 0 Å². The molecule has 0 spiro atoms. The number of nitrogens with zero attached hydrogens (tertiary/aromatic N) is 2. The molecular formula is C17H23N3O. The van der Waals surface area contributed by atoms with Crippen LogP contribution in [0.15, 0.2) is 30.5 Å². The van der Waals surface area contributed by atoms with E-state index >= 15 is 0 Å². The van der Waals surface area contributed by atoms with E-state index in [1.807, 2.05) is 6.92 Å². The molecule has 0 radical (unpaired) electrons. The highest BCUT2D eigenvalue weighted by Gasteiger charge is 2.31. The first-order chi connectivity index (χ1) is 10.2. The van der Waals surface area contributed by atoms with E-state index in [1.54, 1.807) is 7.11 Å². The topological polar surface area (TPSA) is 39.1 Å². The second-order valence-electron chi connectivity index (χ2n) is 5.64. The predicted molar refractivity (Wildman–Crippen MR) is 83.7 cm³/mol. The molecule has 4 nitrogen and oxygen atoms in total. The summed E-state index contributed by atoms with van der Waals surface area (Å²) in [5.74, 6) is 0.925. The van der Waals surface area contributed by atoms with Gasteiger partial charge in [0.25, 0.3) is 0 Å². The molecule has 0 saturated carbocycles. The number of methoxy groups -OCH3 is 1. The van der Waals surface area contributed by atoms with Gasteiger partial charge in [-0.05, 0) is 55.6 Å². The molecule has 2 atom stereocenters. The molecule has 0 bridgehead atoms. The lowest BCUT2D eigenvalue weighted by atomic mass is 9.84. The number of likely N-dealkylation sites (N-methyl/N-ethyl adjacent to an activating group) is 1. The molecular weight excluding hydrogens is 262 g/mol. The van der Waals surface area contributed by atoms with Gasteiger partial charge in [0.15, 0.2) is 0 Å². The number of benzene rings is 1. The summed E-state index contributed by atoms with van der Waals surface area (Å²) in [5, 5.41) is 8.26. The Bertz CT molecular complexity index is 620. The Morgan fingerprint density at radius 1 is 1.38 bits per heavy atom. The zero-order valence-corrected chi connectivity index (χ0v) is 13.0. The summed E-state index contributed by atoms with van der Waals surface area (Å²) in [5.41, 5.74) is 3.84. The maximum absolute atomic E-state index is 5.40. The Balaban J connectivity index is 2.00. The molecule has 1 aliphatic rings. The molecule has 1 aromatic carbocycles. The van der Waals surface area contributed by atoms with Gasteiger partial charge in [-0.2, -0.15) is 5.10 Å². The molecule has 2 unspecified atom stereocenters. The summed E-state index contributed by atoms with van der Waals surface area (Å²) < 4.78 is 7.52. The maximum Gasteiger partial charge on any atom is 0.119 e. The number of aryl methyl sites for hydroxylation is 2. The van der Waals surface area contributed by atoms with Crippen LogP contribution in [-0.2, 0) is 6.42 Å². The lowest BCUT2D eigenvalue weighted by Crippen LogP contribution is -2.34. The summed E-state index contributed by atoms with van der Waals surface area (Å²) >= 11 is 0. The molecule has 1 aromatic heterocycles. The average molecular weight is 285 g/mol. The third kappa shape index (κ3) is 2.68. The second-order valence-corrected chi connectivity index (χ2v) is 5.64. The summed E-state index contributed by atoms with van der Waals surface area (Å²) in [6, 6.07) is 9.14. The molecule has 1 heterocycles. The van der Waals surface area contributed by atoms with Crippen molar-refractivity contribution in [2.24, 2.45) is 0 Å². The van der Waals surface area contributed by atoms with Crippen LogP contribution in [0.1, 0.15) is 42.2 Å². The Hall–Kier alpha value is -1.81. The van der Waals surface area contributed by atoms with E-state index in [0.717, 1.165) is 30.8 Å². The third-order valence-electron chi connectivity index (χ3n) is 4.29. The van der Waals surface area contributed by atoms with Gasteiger partial charge in [-0.15, -0.1) is 0 Å². The van der Waals surface area contributed by atoms with Crippen LogP contribution in [0.2, 0.25) is 0 Å². The monoisotopic (exact) mass is 285 g/mol. The highest BCUT2D eigenvalue weighted by Crippen LogP contribution is 2.38. The molecule has 0 fully saturated rings. The van der Waals surface area contributed by atoms with E-state index < -0.39 is 0 Å². The molecule has 3 rings (SSSR count). The number of nitrogens with one attached hydrogen (secondary N) is 1. The van der Waals surface area contributed by atoms with Gasteiger partial charge in [-0.1, -0.05) is 13.0 Å².